The Morgan fingerprint density at radius 3 is 2.48 bits per heavy atom. The number of aliphatic hydroxyl groups excluding tert-OH is 2. The van der Waals surface area contributed by atoms with Gasteiger partial charge in [0.2, 0.25) is 6.29 Å². The zero-order valence-electron chi connectivity index (χ0n) is 11.3. The van der Waals surface area contributed by atoms with Crippen LogP contribution in [0.25, 0.3) is 0 Å². The Morgan fingerprint density at radius 2 is 1.86 bits per heavy atom. The molecule has 1 aromatic carbocycles. The van der Waals surface area contributed by atoms with Gasteiger partial charge in [0.15, 0.2) is 0 Å². The summed E-state index contributed by atoms with van der Waals surface area (Å²) in [5.41, 5.74) is 0.363. The quantitative estimate of drug-likeness (QED) is 0.745. The van der Waals surface area contributed by atoms with Gasteiger partial charge >= 0.3 is 11.9 Å². The summed E-state index contributed by atoms with van der Waals surface area (Å²) in [6.07, 6.45) is -4.91. The van der Waals surface area contributed by atoms with Gasteiger partial charge in [-0.25, -0.2) is 4.79 Å². The fourth-order valence-electron chi connectivity index (χ4n) is 1.93. The maximum Gasteiger partial charge on any atom is 0.338 e. The average molecular weight is 296 g/mol. The molecule has 7 nitrogen and oxygen atoms in total. The molecular weight excluding hydrogens is 280 g/mol. The van der Waals surface area contributed by atoms with Crippen molar-refractivity contribution >= 4 is 11.9 Å². The van der Waals surface area contributed by atoms with Crippen LogP contribution in [-0.2, 0) is 19.0 Å². The van der Waals surface area contributed by atoms with E-state index in [1.54, 1.807) is 30.3 Å². The minimum absolute atomic E-state index is 0.260. The molecule has 7 heteroatoms. The summed E-state index contributed by atoms with van der Waals surface area (Å²) in [7, 11) is 0. The van der Waals surface area contributed by atoms with Crippen LogP contribution in [0.15, 0.2) is 30.3 Å². The summed E-state index contributed by atoms with van der Waals surface area (Å²) >= 11 is 0. The normalized spacial score (nSPS) is 28.1. The Bertz CT molecular complexity index is 501. The topological polar surface area (TPSA) is 102 Å². The number of benzene rings is 1. The third-order valence-corrected chi connectivity index (χ3v) is 2.99. The summed E-state index contributed by atoms with van der Waals surface area (Å²) in [5.74, 6) is -1.22. The lowest BCUT2D eigenvalue weighted by Crippen LogP contribution is -2.35. The summed E-state index contributed by atoms with van der Waals surface area (Å²) in [6.45, 7) is 0.898. The molecule has 21 heavy (non-hydrogen) atoms. The van der Waals surface area contributed by atoms with Gasteiger partial charge in [-0.1, -0.05) is 18.2 Å². The number of ether oxygens (including phenoxy) is 3. The molecule has 2 N–H and O–H groups in total. The van der Waals surface area contributed by atoms with E-state index in [1.165, 1.54) is 0 Å². The van der Waals surface area contributed by atoms with Gasteiger partial charge < -0.3 is 24.4 Å². The van der Waals surface area contributed by atoms with E-state index >= 15 is 0 Å². The molecule has 2 rings (SSSR count). The van der Waals surface area contributed by atoms with Gasteiger partial charge in [0.1, 0.15) is 24.9 Å². The molecule has 0 bridgehead atoms. The summed E-state index contributed by atoms with van der Waals surface area (Å²) < 4.78 is 14.9. The molecule has 4 atom stereocenters. The van der Waals surface area contributed by atoms with Crippen molar-refractivity contribution in [1.82, 2.24) is 0 Å². The second-order valence-electron chi connectivity index (χ2n) is 4.60. The molecule has 0 spiro atoms. The molecule has 1 fully saturated rings. The van der Waals surface area contributed by atoms with Crippen LogP contribution in [-0.4, -0.2) is 53.4 Å². The highest BCUT2D eigenvalue weighted by Gasteiger charge is 2.45. The number of hydrogen-bond acceptors (Lipinski definition) is 7. The van der Waals surface area contributed by atoms with E-state index in [-0.39, 0.29) is 6.61 Å². The predicted octanol–water partition coefficient (Wildman–Crippen LogP) is -0.147. The third-order valence-electron chi connectivity index (χ3n) is 2.99. The first kappa shape index (κ1) is 15.4. The number of carbonyl (C=O) groups excluding carboxylic acids is 2. The Balaban J connectivity index is 1.89. The molecule has 0 amide bonds. The highest BCUT2D eigenvalue weighted by atomic mass is 16.7. The Labute approximate surface area is 121 Å². The number of esters is 2. The van der Waals surface area contributed by atoms with Gasteiger partial charge in [-0.2, -0.15) is 0 Å². The monoisotopic (exact) mass is 296 g/mol. The van der Waals surface area contributed by atoms with Crippen molar-refractivity contribution in [1.29, 1.82) is 0 Å². The standard InChI is InChI=1S/C14H16O7/c1-8(15)20-14-12(17)11(16)10(21-14)7-19-13(18)9-5-3-2-4-6-9/h2-6,10-12,14,16-17H,7H2,1H3. The number of carbonyl (C=O) groups is 2. The van der Waals surface area contributed by atoms with Gasteiger partial charge in [-0.15, -0.1) is 0 Å². The fourth-order valence-corrected chi connectivity index (χ4v) is 1.93. The maximum absolute atomic E-state index is 11.7. The number of aliphatic hydroxyl groups is 2. The van der Waals surface area contributed by atoms with Gasteiger partial charge in [0, 0.05) is 6.92 Å². The van der Waals surface area contributed by atoms with Gasteiger partial charge in [0.05, 0.1) is 5.56 Å². The van der Waals surface area contributed by atoms with Crippen LogP contribution in [0.2, 0.25) is 0 Å². The molecule has 0 aromatic heterocycles. The van der Waals surface area contributed by atoms with Crippen molar-refractivity contribution in [3.63, 3.8) is 0 Å². The second kappa shape index (κ2) is 6.66. The van der Waals surface area contributed by atoms with Crippen molar-refractivity contribution in [2.45, 2.75) is 31.5 Å². The molecule has 1 aliphatic rings. The van der Waals surface area contributed by atoms with Crippen LogP contribution >= 0.6 is 0 Å². The predicted molar refractivity (Wildman–Crippen MR) is 69.2 cm³/mol. The van der Waals surface area contributed by atoms with Crippen LogP contribution in [0, 0.1) is 0 Å². The van der Waals surface area contributed by atoms with E-state index in [2.05, 4.69) is 0 Å². The van der Waals surface area contributed by atoms with E-state index in [1.807, 2.05) is 0 Å². The van der Waals surface area contributed by atoms with E-state index < -0.39 is 36.5 Å². The van der Waals surface area contributed by atoms with Crippen LogP contribution < -0.4 is 0 Å². The van der Waals surface area contributed by atoms with Crippen LogP contribution in [0.1, 0.15) is 17.3 Å². The van der Waals surface area contributed by atoms with Crippen molar-refractivity contribution in [3.8, 4) is 0 Å². The van der Waals surface area contributed by atoms with Gasteiger partial charge in [0.25, 0.3) is 0 Å². The molecule has 1 heterocycles. The van der Waals surface area contributed by atoms with Crippen LogP contribution in [0.5, 0.6) is 0 Å². The van der Waals surface area contributed by atoms with Crippen molar-refractivity contribution in [2.24, 2.45) is 0 Å². The molecule has 1 saturated heterocycles. The Kier molecular flexibility index (Phi) is 4.89. The maximum atomic E-state index is 11.7. The molecule has 1 aliphatic heterocycles. The average Bonchev–Trinajstić information content (AvgIpc) is 2.73. The molecule has 1 aromatic rings. The van der Waals surface area contributed by atoms with Crippen LogP contribution in [0.3, 0.4) is 0 Å². The lowest BCUT2D eigenvalue weighted by atomic mass is 10.1. The first-order valence-corrected chi connectivity index (χ1v) is 6.40. The van der Waals surface area contributed by atoms with E-state index in [4.69, 9.17) is 14.2 Å². The second-order valence-corrected chi connectivity index (χ2v) is 4.60. The number of rotatable bonds is 4. The summed E-state index contributed by atoms with van der Waals surface area (Å²) in [6, 6.07) is 8.33. The fraction of sp³-hybridized carbons (Fsp3) is 0.429. The molecule has 4 unspecified atom stereocenters. The zero-order valence-corrected chi connectivity index (χ0v) is 11.3. The first-order chi connectivity index (χ1) is 9.99. The van der Waals surface area contributed by atoms with Gasteiger partial charge in [-0.05, 0) is 12.1 Å². The van der Waals surface area contributed by atoms with Crippen molar-refractivity contribution in [2.75, 3.05) is 6.61 Å². The van der Waals surface area contributed by atoms with E-state index in [9.17, 15) is 19.8 Å². The van der Waals surface area contributed by atoms with Gasteiger partial charge in [-0.3, -0.25) is 4.79 Å². The lowest BCUT2D eigenvalue weighted by Gasteiger charge is -2.14. The largest absolute Gasteiger partial charge is 0.459 e. The van der Waals surface area contributed by atoms with Crippen molar-refractivity contribution < 1.29 is 34.0 Å². The number of hydrogen-bond donors (Lipinski definition) is 2. The minimum Gasteiger partial charge on any atom is -0.459 e. The molecular formula is C14H16O7. The molecule has 0 saturated carbocycles. The lowest BCUT2D eigenvalue weighted by molar-refractivity contribution is -0.187. The minimum atomic E-state index is -1.38. The highest BCUT2D eigenvalue weighted by Crippen LogP contribution is 2.23. The molecule has 0 aliphatic carbocycles. The zero-order chi connectivity index (χ0) is 15.4. The highest BCUT2D eigenvalue weighted by molar-refractivity contribution is 5.89. The molecule has 0 radical (unpaired) electrons. The van der Waals surface area contributed by atoms with Crippen LogP contribution in [0.4, 0.5) is 0 Å². The SMILES string of the molecule is CC(=O)OC1OC(COC(=O)c2ccccc2)C(O)C1O. The smallest absolute Gasteiger partial charge is 0.338 e. The van der Waals surface area contributed by atoms with E-state index in [0.717, 1.165) is 6.92 Å². The molecule has 114 valence electrons. The van der Waals surface area contributed by atoms with E-state index in [0.29, 0.717) is 5.56 Å². The Morgan fingerprint density at radius 1 is 1.19 bits per heavy atom. The first-order valence-electron chi connectivity index (χ1n) is 6.40. The Hall–Kier alpha value is -1.96. The summed E-state index contributed by atoms with van der Waals surface area (Å²) in [4.78, 5) is 22.6. The van der Waals surface area contributed by atoms with Crippen molar-refractivity contribution in [3.05, 3.63) is 35.9 Å². The summed E-state index contributed by atoms with van der Waals surface area (Å²) in [5, 5.41) is 19.4. The third kappa shape index (κ3) is 3.78.